The van der Waals surface area contributed by atoms with Crippen molar-refractivity contribution in [3.63, 3.8) is 0 Å². The van der Waals surface area contributed by atoms with Gasteiger partial charge >= 0.3 is 5.69 Å². The molecular formula is C11H7ClF2N2O2. The molecule has 7 heteroatoms. The van der Waals surface area contributed by atoms with Crippen LogP contribution in [0.3, 0.4) is 0 Å². The fourth-order valence-corrected chi connectivity index (χ4v) is 1.69. The van der Waals surface area contributed by atoms with Crippen LogP contribution in [0, 0.1) is 18.6 Å². The van der Waals surface area contributed by atoms with Crippen molar-refractivity contribution in [2.75, 3.05) is 0 Å². The van der Waals surface area contributed by atoms with Crippen molar-refractivity contribution >= 4 is 11.6 Å². The number of hydrogen-bond donors (Lipinski definition) is 1. The highest BCUT2D eigenvalue weighted by Gasteiger charge is 2.15. The molecule has 0 aliphatic heterocycles. The van der Waals surface area contributed by atoms with Gasteiger partial charge in [-0.25, -0.2) is 13.8 Å². The molecule has 1 N–H and O–H groups in total. The lowest BCUT2D eigenvalue weighted by molar-refractivity contribution is 0.582. The van der Waals surface area contributed by atoms with E-state index in [4.69, 9.17) is 11.6 Å². The number of rotatable bonds is 1. The summed E-state index contributed by atoms with van der Waals surface area (Å²) in [6, 6.07) is 3.52. The second kappa shape index (κ2) is 4.38. The quantitative estimate of drug-likeness (QED) is 0.805. The molecular weight excluding hydrogens is 266 g/mol. The van der Waals surface area contributed by atoms with Crippen LogP contribution < -0.4 is 11.2 Å². The van der Waals surface area contributed by atoms with Gasteiger partial charge in [0.2, 0.25) is 5.82 Å². The molecule has 0 bridgehead atoms. The molecule has 0 saturated heterocycles. The summed E-state index contributed by atoms with van der Waals surface area (Å²) >= 11 is 5.33. The third kappa shape index (κ3) is 1.95. The van der Waals surface area contributed by atoms with Gasteiger partial charge in [0.1, 0.15) is 5.82 Å². The number of benzene rings is 1. The summed E-state index contributed by atoms with van der Waals surface area (Å²) in [5, 5.41) is -0.671. The van der Waals surface area contributed by atoms with E-state index < -0.39 is 28.0 Å². The van der Waals surface area contributed by atoms with Crippen molar-refractivity contribution in [2.24, 2.45) is 0 Å². The normalized spacial score (nSPS) is 10.7. The molecule has 18 heavy (non-hydrogen) atoms. The second-order valence-corrected chi connectivity index (χ2v) is 4.01. The Morgan fingerprint density at radius 2 is 1.94 bits per heavy atom. The molecule has 0 amide bonds. The largest absolute Gasteiger partial charge is 0.334 e. The Hall–Kier alpha value is -1.95. The van der Waals surface area contributed by atoms with Gasteiger partial charge in [0.15, 0.2) is 5.15 Å². The summed E-state index contributed by atoms with van der Waals surface area (Å²) < 4.78 is 27.0. The maximum atomic E-state index is 13.4. The van der Waals surface area contributed by atoms with Gasteiger partial charge in [0.05, 0.1) is 5.69 Å². The van der Waals surface area contributed by atoms with Gasteiger partial charge in [-0.05, 0) is 24.6 Å². The van der Waals surface area contributed by atoms with E-state index >= 15 is 0 Å². The summed E-state index contributed by atoms with van der Waals surface area (Å²) in [6.45, 7) is 1.56. The van der Waals surface area contributed by atoms with E-state index in [2.05, 4.69) is 0 Å². The van der Waals surface area contributed by atoms with Crippen LogP contribution in [0.2, 0.25) is 5.15 Å². The smallest absolute Gasteiger partial charge is 0.295 e. The zero-order valence-electron chi connectivity index (χ0n) is 9.13. The van der Waals surface area contributed by atoms with Gasteiger partial charge < -0.3 is 0 Å². The number of nitrogens with one attached hydrogen (secondary N) is 1. The molecule has 0 unspecified atom stereocenters. The van der Waals surface area contributed by atoms with Gasteiger partial charge in [-0.15, -0.1) is 0 Å². The summed E-state index contributed by atoms with van der Waals surface area (Å²) in [4.78, 5) is 25.2. The maximum Gasteiger partial charge on any atom is 0.334 e. The van der Waals surface area contributed by atoms with E-state index in [1.165, 1.54) is 12.1 Å². The maximum absolute atomic E-state index is 13.4. The molecule has 4 nitrogen and oxygen atoms in total. The van der Waals surface area contributed by atoms with E-state index in [0.717, 1.165) is 6.07 Å². The predicted octanol–water partition coefficient (Wildman–Crippen LogP) is 1.77. The minimum absolute atomic E-state index is 0.0307. The summed E-state index contributed by atoms with van der Waals surface area (Å²) in [5.41, 5.74) is -1.74. The molecule has 2 aromatic rings. The molecule has 2 rings (SSSR count). The first-order valence-corrected chi connectivity index (χ1v) is 5.26. The molecule has 0 fully saturated rings. The highest BCUT2D eigenvalue weighted by Crippen LogP contribution is 2.13. The Kier molecular flexibility index (Phi) is 3.04. The average Bonchev–Trinajstić information content (AvgIpc) is 2.31. The monoisotopic (exact) mass is 272 g/mol. The zero-order chi connectivity index (χ0) is 13.4. The molecule has 0 radical (unpaired) electrons. The third-order valence-electron chi connectivity index (χ3n) is 2.42. The van der Waals surface area contributed by atoms with Crippen LogP contribution in [0.1, 0.15) is 5.56 Å². The fourth-order valence-electron chi connectivity index (χ4n) is 1.53. The highest BCUT2D eigenvalue weighted by atomic mass is 35.5. The number of H-pyrrole nitrogens is 1. The van der Waals surface area contributed by atoms with Crippen LogP contribution in [0.4, 0.5) is 8.78 Å². The van der Waals surface area contributed by atoms with Crippen LogP contribution >= 0.6 is 11.6 Å². The van der Waals surface area contributed by atoms with Gasteiger partial charge in [-0.2, -0.15) is 4.39 Å². The number of aromatic amines is 1. The first-order chi connectivity index (χ1) is 8.41. The molecule has 1 heterocycles. The predicted molar refractivity (Wildman–Crippen MR) is 62.3 cm³/mol. The standard InChI is InChI=1S/C11H7ClF2N2O2/c1-5-2-3-6(13)4-7(5)16-10(17)8(14)9(12)15-11(16)18/h2-4H,1H3,(H,15,18). The zero-order valence-corrected chi connectivity index (χ0v) is 9.89. The lowest BCUT2D eigenvalue weighted by Gasteiger charge is -2.08. The first kappa shape index (κ1) is 12.5. The molecule has 0 atom stereocenters. The Labute approximate surface area is 104 Å². The average molecular weight is 273 g/mol. The first-order valence-electron chi connectivity index (χ1n) is 4.88. The number of hydrogen-bond acceptors (Lipinski definition) is 2. The van der Waals surface area contributed by atoms with Gasteiger partial charge in [0.25, 0.3) is 5.56 Å². The van der Waals surface area contributed by atoms with E-state index in [1.807, 2.05) is 4.98 Å². The van der Waals surface area contributed by atoms with Crippen LogP contribution in [0.25, 0.3) is 5.69 Å². The molecule has 1 aromatic heterocycles. The van der Waals surface area contributed by atoms with E-state index in [0.29, 0.717) is 10.1 Å². The summed E-state index contributed by atoms with van der Waals surface area (Å²) in [7, 11) is 0. The van der Waals surface area contributed by atoms with Crippen molar-refractivity contribution in [1.29, 1.82) is 0 Å². The second-order valence-electron chi connectivity index (χ2n) is 3.63. The Morgan fingerprint density at radius 1 is 1.28 bits per heavy atom. The van der Waals surface area contributed by atoms with Gasteiger partial charge in [-0.1, -0.05) is 17.7 Å². The molecule has 94 valence electrons. The number of halogens is 3. The topological polar surface area (TPSA) is 54.9 Å². The van der Waals surface area contributed by atoms with Crippen molar-refractivity contribution in [1.82, 2.24) is 9.55 Å². The van der Waals surface area contributed by atoms with Gasteiger partial charge in [0, 0.05) is 0 Å². The molecule has 0 saturated carbocycles. The number of aryl methyl sites for hydroxylation is 1. The Balaban J connectivity index is 2.88. The lowest BCUT2D eigenvalue weighted by Crippen LogP contribution is -2.36. The minimum atomic E-state index is -1.29. The van der Waals surface area contributed by atoms with Crippen molar-refractivity contribution < 1.29 is 8.78 Å². The minimum Gasteiger partial charge on any atom is -0.295 e. The van der Waals surface area contributed by atoms with E-state index in [9.17, 15) is 18.4 Å². The van der Waals surface area contributed by atoms with Crippen molar-refractivity contribution in [2.45, 2.75) is 6.92 Å². The van der Waals surface area contributed by atoms with Gasteiger partial charge in [-0.3, -0.25) is 9.78 Å². The number of nitrogens with zero attached hydrogens (tertiary/aromatic N) is 1. The van der Waals surface area contributed by atoms with Crippen LogP contribution in [-0.4, -0.2) is 9.55 Å². The van der Waals surface area contributed by atoms with Crippen LogP contribution in [0.5, 0.6) is 0 Å². The van der Waals surface area contributed by atoms with Crippen LogP contribution in [-0.2, 0) is 0 Å². The lowest BCUT2D eigenvalue weighted by atomic mass is 10.2. The molecule has 0 aliphatic carbocycles. The van der Waals surface area contributed by atoms with Crippen molar-refractivity contribution in [3.05, 3.63) is 61.4 Å². The molecule has 0 spiro atoms. The Bertz CT molecular complexity index is 737. The summed E-state index contributed by atoms with van der Waals surface area (Å²) in [6.07, 6.45) is 0. The molecule has 1 aromatic carbocycles. The Morgan fingerprint density at radius 3 is 2.61 bits per heavy atom. The highest BCUT2D eigenvalue weighted by molar-refractivity contribution is 6.29. The van der Waals surface area contributed by atoms with E-state index in [-0.39, 0.29) is 5.69 Å². The summed E-state index contributed by atoms with van der Waals surface area (Å²) in [5.74, 6) is -1.93. The van der Waals surface area contributed by atoms with E-state index in [1.54, 1.807) is 6.92 Å². The fraction of sp³-hybridized carbons (Fsp3) is 0.0909. The molecule has 0 aliphatic rings. The van der Waals surface area contributed by atoms with Crippen molar-refractivity contribution in [3.8, 4) is 5.69 Å². The third-order valence-corrected chi connectivity index (χ3v) is 2.68. The number of aromatic nitrogens is 2. The van der Waals surface area contributed by atoms with Crippen LogP contribution in [0.15, 0.2) is 27.8 Å². The SMILES string of the molecule is Cc1ccc(F)cc1-n1c(=O)[nH]c(Cl)c(F)c1=O.